The fourth-order valence-corrected chi connectivity index (χ4v) is 5.49. The van der Waals surface area contributed by atoms with Crippen molar-refractivity contribution in [3.05, 3.63) is 65.7 Å². The Morgan fingerprint density at radius 3 is 2.72 bits per heavy atom. The Kier molecular flexibility index (Phi) is 5.99. The minimum Gasteiger partial charge on any atom is -0.335 e. The number of nitrogens with zero attached hydrogens (tertiary/aromatic N) is 4. The van der Waals surface area contributed by atoms with Crippen molar-refractivity contribution in [2.24, 2.45) is 5.41 Å². The number of fused-ring (bicyclic) bond motifs is 2. The van der Waals surface area contributed by atoms with E-state index in [4.69, 9.17) is 4.98 Å². The van der Waals surface area contributed by atoms with Gasteiger partial charge in [-0.1, -0.05) is 20.8 Å². The smallest absolute Gasteiger partial charge is 0.224 e. The molecule has 5 heterocycles. The summed E-state index contributed by atoms with van der Waals surface area (Å²) in [7, 11) is 0. The van der Waals surface area contributed by atoms with E-state index in [1.54, 1.807) is 42.1 Å². The first-order valence-electron chi connectivity index (χ1n) is 12.5. The number of aryl methyl sites for hydroxylation is 1. The second-order valence-electron chi connectivity index (χ2n) is 10.8. The Morgan fingerprint density at radius 2 is 1.95 bits per heavy atom. The molecule has 5 aromatic heterocycles. The molecule has 3 N–H and O–H groups in total. The van der Waals surface area contributed by atoms with Crippen molar-refractivity contribution in [2.45, 2.75) is 34.1 Å². The third kappa shape index (κ3) is 4.90. The minimum absolute atomic E-state index is 0.120. The normalized spacial score (nSPS) is 11.9. The highest BCUT2D eigenvalue weighted by molar-refractivity contribution is 7.15. The fraction of sp³-hybridized carbons (Fsp3) is 0.207. The maximum absolute atomic E-state index is 15.2. The van der Waals surface area contributed by atoms with Gasteiger partial charge in [-0.25, -0.2) is 14.4 Å². The van der Waals surface area contributed by atoms with Gasteiger partial charge in [0.2, 0.25) is 5.91 Å². The summed E-state index contributed by atoms with van der Waals surface area (Å²) >= 11 is 1.70. The Bertz CT molecular complexity index is 1860. The number of pyridine rings is 2. The predicted octanol–water partition coefficient (Wildman–Crippen LogP) is 7.11. The Hall–Kier alpha value is -4.44. The molecule has 0 saturated carbocycles. The number of halogens is 1. The van der Waals surface area contributed by atoms with E-state index in [1.165, 1.54) is 10.9 Å². The van der Waals surface area contributed by atoms with E-state index in [9.17, 15) is 4.79 Å². The van der Waals surface area contributed by atoms with Crippen LogP contribution in [0.1, 0.15) is 32.1 Å². The quantitative estimate of drug-likeness (QED) is 0.216. The highest BCUT2D eigenvalue weighted by Gasteiger charge is 2.20. The third-order valence-electron chi connectivity index (χ3n) is 6.30. The molecule has 8 nitrogen and oxygen atoms in total. The maximum atomic E-state index is 15.2. The molecule has 0 aliphatic rings. The number of imidazole rings is 1. The number of H-pyrrole nitrogens is 2. The zero-order chi connectivity index (χ0) is 27.3. The Morgan fingerprint density at radius 1 is 1.10 bits per heavy atom. The lowest BCUT2D eigenvalue weighted by atomic mass is 9.92. The van der Waals surface area contributed by atoms with E-state index < -0.39 is 5.82 Å². The molecule has 0 unspecified atom stereocenters. The molecular weight excluding hydrogens is 513 g/mol. The fourth-order valence-electron chi connectivity index (χ4n) is 4.59. The molecular formula is C29H26FN7OS. The number of thiophene rings is 1. The summed E-state index contributed by atoms with van der Waals surface area (Å²) in [6.45, 7) is 8.06. The van der Waals surface area contributed by atoms with E-state index in [1.807, 2.05) is 26.8 Å². The topological polar surface area (TPSA) is 112 Å². The molecule has 1 aromatic carbocycles. The molecule has 0 saturated heterocycles. The van der Waals surface area contributed by atoms with E-state index in [0.29, 0.717) is 51.3 Å². The summed E-state index contributed by atoms with van der Waals surface area (Å²) in [4.78, 5) is 31.5. The number of benzene rings is 1. The summed E-state index contributed by atoms with van der Waals surface area (Å²) in [5.41, 5.74) is 4.74. The van der Waals surface area contributed by atoms with Crippen molar-refractivity contribution in [1.29, 1.82) is 0 Å². The number of hydrogen-bond acceptors (Lipinski definition) is 6. The van der Waals surface area contributed by atoms with Gasteiger partial charge in [-0.15, -0.1) is 11.3 Å². The van der Waals surface area contributed by atoms with E-state index in [-0.39, 0.29) is 11.3 Å². The first-order chi connectivity index (χ1) is 18.6. The number of amides is 1. The van der Waals surface area contributed by atoms with Crippen LogP contribution in [0, 0.1) is 18.2 Å². The standard InChI is InChI=1S/C29H26FN7OS/c1-15-5-6-23(39-15)18-7-8-32-27-25(18)34-28(35-27)26-20-10-19(21(30)11-22(20)36-37-26)16-9-17(14-31-13-16)33-24(38)12-29(2,3)4/h5-11,13-14H,12H2,1-4H3,(H,33,38)(H,36,37)(H,32,34,35). The van der Waals surface area contributed by atoms with Crippen molar-refractivity contribution in [1.82, 2.24) is 30.1 Å². The number of anilines is 1. The molecule has 0 aliphatic heterocycles. The van der Waals surface area contributed by atoms with Gasteiger partial charge in [0, 0.05) is 56.7 Å². The molecule has 0 atom stereocenters. The van der Waals surface area contributed by atoms with Crippen LogP contribution < -0.4 is 5.32 Å². The van der Waals surface area contributed by atoms with Crippen LogP contribution in [-0.2, 0) is 4.79 Å². The van der Waals surface area contributed by atoms with E-state index in [2.05, 4.69) is 49.5 Å². The lowest BCUT2D eigenvalue weighted by molar-refractivity contribution is -0.117. The molecule has 6 aromatic rings. The van der Waals surface area contributed by atoms with Gasteiger partial charge in [-0.3, -0.25) is 14.9 Å². The summed E-state index contributed by atoms with van der Waals surface area (Å²) in [5.74, 6) is -0.0206. The average Bonchev–Trinajstić information content (AvgIpc) is 3.59. The highest BCUT2D eigenvalue weighted by atomic mass is 32.1. The number of hydrogen-bond donors (Lipinski definition) is 3. The summed E-state index contributed by atoms with van der Waals surface area (Å²) in [5, 5.41) is 10.9. The second-order valence-corrected chi connectivity index (χ2v) is 12.0. The maximum Gasteiger partial charge on any atom is 0.224 e. The lowest BCUT2D eigenvalue weighted by Gasteiger charge is -2.17. The number of rotatable bonds is 5. The second kappa shape index (κ2) is 9.39. The van der Waals surface area contributed by atoms with Gasteiger partial charge in [-0.2, -0.15) is 5.10 Å². The van der Waals surface area contributed by atoms with Crippen molar-refractivity contribution >= 4 is 45.0 Å². The number of carbonyl (C=O) groups excluding carboxylic acids is 1. The summed E-state index contributed by atoms with van der Waals surface area (Å²) < 4.78 is 15.2. The first kappa shape index (κ1) is 24.9. The largest absolute Gasteiger partial charge is 0.335 e. The molecule has 0 radical (unpaired) electrons. The first-order valence-corrected chi connectivity index (χ1v) is 13.3. The number of carbonyl (C=O) groups is 1. The molecule has 10 heteroatoms. The van der Waals surface area contributed by atoms with Crippen LogP contribution in [0.15, 0.2) is 55.0 Å². The van der Waals surface area contributed by atoms with Crippen LogP contribution in [0.4, 0.5) is 10.1 Å². The van der Waals surface area contributed by atoms with Gasteiger partial charge in [0.1, 0.15) is 11.5 Å². The van der Waals surface area contributed by atoms with Crippen molar-refractivity contribution in [3.8, 4) is 33.1 Å². The van der Waals surface area contributed by atoms with Crippen molar-refractivity contribution in [2.75, 3.05) is 5.32 Å². The summed E-state index contributed by atoms with van der Waals surface area (Å²) in [6, 6.07) is 11.0. The molecule has 0 spiro atoms. The zero-order valence-electron chi connectivity index (χ0n) is 21.9. The van der Waals surface area contributed by atoms with Gasteiger partial charge in [0.05, 0.1) is 22.9 Å². The molecule has 1 amide bonds. The van der Waals surface area contributed by atoms with Crippen molar-refractivity contribution < 1.29 is 9.18 Å². The minimum atomic E-state index is -0.431. The lowest BCUT2D eigenvalue weighted by Crippen LogP contribution is -2.19. The summed E-state index contributed by atoms with van der Waals surface area (Å²) in [6.07, 6.45) is 5.23. The van der Waals surface area contributed by atoms with Crippen LogP contribution in [0.3, 0.4) is 0 Å². The van der Waals surface area contributed by atoms with Gasteiger partial charge in [0.15, 0.2) is 11.5 Å². The molecule has 0 fully saturated rings. The van der Waals surface area contributed by atoms with Gasteiger partial charge in [-0.05, 0) is 42.7 Å². The van der Waals surface area contributed by atoms with E-state index >= 15 is 4.39 Å². The van der Waals surface area contributed by atoms with Crippen LogP contribution in [-0.4, -0.2) is 36.0 Å². The zero-order valence-corrected chi connectivity index (χ0v) is 22.7. The number of aromatic amines is 2. The number of aromatic nitrogens is 6. The molecule has 196 valence electrons. The predicted molar refractivity (Wildman–Crippen MR) is 153 cm³/mol. The van der Waals surface area contributed by atoms with Gasteiger partial charge < -0.3 is 10.3 Å². The van der Waals surface area contributed by atoms with Gasteiger partial charge >= 0.3 is 0 Å². The van der Waals surface area contributed by atoms with Crippen LogP contribution in [0.2, 0.25) is 0 Å². The molecule has 39 heavy (non-hydrogen) atoms. The third-order valence-corrected chi connectivity index (χ3v) is 7.33. The monoisotopic (exact) mass is 539 g/mol. The number of nitrogens with one attached hydrogen (secondary N) is 3. The Balaban J connectivity index is 1.39. The van der Waals surface area contributed by atoms with Crippen LogP contribution in [0.5, 0.6) is 0 Å². The van der Waals surface area contributed by atoms with E-state index in [0.717, 1.165) is 16.0 Å². The molecule has 0 aliphatic carbocycles. The molecule has 0 bridgehead atoms. The van der Waals surface area contributed by atoms with Gasteiger partial charge in [0.25, 0.3) is 0 Å². The SMILES string of the molecule is Cc1ccc(-c2ccnc3nc(-c4n[nH]c5cc(F)c(-c6cncc(NC(=O)CC(C)(C)C)c6)cc45)[nH]c23)s1. The Labute approximate surface area is 227 Å². The molecule has 6 rings (SSSR count). The average molecular weight is 540 g/mol. The van der Waals surface area contributed by atoms with Crippen LogP contribution >= 0.6 is 11.3 Å². The van der Waals surface area contributed by atoms with Crippen LogP contribution in [0.25, 0.3) is 55.2 Å². The van der Waals surface area contributed by atoms with Crippen molar-refractivity contribution in [3.63, 3.8) is 0 Å². The highest BCUT2D eigenvalue weighted by Crippen LogP contribution is 2.36.